The van der Waals surface area contributed by atoms with E-state index in [0.717, 1.165) is 89.9 Å². The Labute approximate surface area is 376 Å². The maximum absolute atomic E-state index is 13.2. The van der Waals surface area contributed by atoms with Crippen molar-refractivity contribution < 1.29 is 24.5 Å². The average molecular weight is 848 g/mol. The van der Waals surface area contributed by atoms with Crippen molar-refractivity contribution in [3.63, 3.8) is 0 Å². The highest BCUT2D eigenvalue weighted by molar-refractivity contribution is 5.77. The van der Waals surface area contributed by atoms with Crippen molar-refractivity contribution in [1.82, 2.24) is 5.32 Å². The van der Waals surface area contributed by atoms with E-state index >= 15 is 0 Å². The number of unbranched alkanes of at least 4 members (excludes halogenated alkanes) is 20. The van der Waals surface area contributed by atoms with Gasteiger partial charge in [-0.3, -0.25) is 9.59 Å². The molecule has 0 bridgehead atoms. The van der Waals surface area contributed by atoms with Gasteiger partial charge in [0.2, 0.25) is 5.91 Å². The van der Waals surface area contributed by atoms with Crippen molar-refractivity contribution >= 4 is 11.9 Å². The van der Waals surface area contributed by atoms with Crippen LogP contribution in [0.3, 0.4) is 0 Å². The molecule has 0 aliphatic heterocycles. The van der Waals surface area contributed by atoms with Crippen LogP contribution in [0.1, 0.15) is 213 Å². The smallest absolute Gasteiger partial charge is 0.306 e. The highest BCUT2D eigenvalue weighted by atomic mass is 16.5. The summed E-state index contributed by atoms with van der Waals surface area (Å²) in [7, 11) is 0. The summed E-state index contributed by atoms with van der Waals surface area (Å²) in [5.41, 5.74) is 0. The Morgan fingerprint density at radius 1 is 0.508 bits per heavy atom. The molecule has 0 aromatic rings. The molecule has 0 rings (SSSR count). The van der Waals surface area contributed by atoms with E-state index in [0.29, 0.717) is 19.3 Å². The van der Waals surface area contributed by atoms with Gasteiger partial charge in [0.1, 0.15) is 6.10 Å². The molecule has 0 aliphatic rings. The molecular formula is C55H93NO5. The summed E-state index contributed by atoms with van der Waals surface area (Å²) in [6.45, 7) is 6.27. The van der Waals surface area contributed by atoms with Gasteiger partial charge < -0.3 is 20.3 Å². The van der Waals surface area contributed by atoms with Gasteiger partial charge in [-0.05, 0) is 77.0 Å². The van der Waals surface area contributed by atoms with E-state index in [1.165, 1.54) is 77.0 Å². The van der Waals surface area contributed by atoms with Crippen LogP contribution in [0.25, 0.3) is 0 Å². The lowest BCUT2D eigenvalue weighted by Crippen LogP contribution is -2.46. The third kappa shape index (κ3) is 43.2. The maximum atomic E-state index is 13.2. The zero-order valence-corrected chi connectivity index (χ0v) is 39.5. The van der Waals surface area contributed by atoms with Gasteiger partial charge in [-0.1, -0.05) is 221 Å². The molecule has 6 heteroatoms. The number of amides is 1. The zero-order chi connectivity index (χ0) is 44.5. The number of hydrogen-bond acceptors (Lipinski definition) is 5. The van der Waals surface area contributed by atoms with E-state index < -0.39 is 18.2 Å². The van der Waals surface area contributed by atoms with Gasteiger partial charge in [0, 0.05) is 6.42 Å². The minimum Gasteiger partial charge on any atom is -0.462 e. The third-order valence-electron chi connectivity index (χ3n) is 10.8. The van der Waals surface area contributed by atoms with Gasteiger partial charge in [0.15, 0.2) is 0 Å². The van der Waals surface area contributed by atoms with Crippen LogP contribution in [0.2, 0.25) is 0 Å². The minimum atomic E-state index is -0.804. The Bertz CT molecular complexity index is 1220. The van der Waals surface area contributed by atoms with E-state index in [1.54, 1.807) is 0 Å². The number of carbonyl (C=O) groups excluding carboxylic acids is 2. The van der Waals surface area contributed by atoms with E-state index in [9.17, 15) is 19.8 Å². The van der Waals surface area contributed by atoms with Crippen molar-refractivity contribution in [2.24, 2.45) is 0 Å². The van der Waals surface area contributed by atoms with Crippen LogP contribution >= 0.6 is 0 Å². The van der Waals surface area contributed by atoms with Crippen LogP contribution in [0.15, 0.2) is 97.2 Å². The molecule has 0 radical (unpaired) electrons. The van der Waals surface area contributed by atoms with Crippen molar-refractivity contribution in [2.75, 3.05) is 6.61 Å². The topological polar surface area (TPSA) is 95.9 Å². The SMILES string of the molecule is CC\C=C/C=C/C=C/C=C\C=C\C=C\CCCCCC(=O)OC(CCCCCCC/C=C\C/C=C\CCCCC)CC(=O)NC(CO)C(O)CCCCCCCCCCCC. The molecule has 0 spiro atoms. The second-order valence-electron chi connectivity index (χ2n) is 16.6. The van der Waals surface area contributed by atoms with Crippen molar-refractivity contribution in [3.05, 3.63) is 97.2 Å². The molecule has 0 aliphatic carbocycles. The first-order valence-corrected chi connectivity index (χ1v) is 25.0. The predicted molar refractivity (Wildman–Crippen MR) is 264 cm³/mol. The molecule has 6 nitrogen and oxygen atoms in total. The Kier molecular flexibility index (Phi) is 45.3. The van der Waals surface area contributed by atoms with Gasteiger partial charge in [-0.2, -0.15) is 0 Å². The lowest BCUT2D eigenvalue weighted by Gasteiger charge is -2.24. The van der Waals surface area contributed by atoms with Crippen LogP contribution in [0.5, 0.6) is 0 Å². The normalized spacial score (nSPS) is 14.1. The summed E-state index contributed by atoms with van der Waals surface area (Å²) in [5, 5.41) is 23.7. The monoisotopic (exact) mass is 848 g/mol. The van der Waals surface area contributed by atoms with Gasteiger partial charge in [-0.25, -0.2) is 0 Å². The third-order valence-corrected chi connectivity index (χ3v) is 10.8. The molecule has 3 unspecified atom stereocenters. The highest BCUT2D eigenvalue weighted by Crippen LogP contribution is 2.17. The Morgan fingerprint density at radius 2 is 0.951 bits per heavy atom. The van der Waals surface area contributed by atoms with Crippen LogP contribution < -0.4 is 5.32 Å². The summed E-state index contributed by atoms with van der Waals surface area (Å²) >= 11 is 0. The number of aliphatic hydroxyl groups excluding tert-OH is 2. The lowest BCUT2D eigenvalue weighted by atomic mass is 10.0. The fourth-order valence-electron chi connectivity index (χ4n) is 7.02. The molecule has 0 heterocycles. The first-order valence-electron chi connectivity index (χ1n) is 25.0. The quantitative estimate of drug-likeness (QED) is 0.0246. The number of aliphatic hydroxyl groups is 2. The fourth-order valence-corrected chi connectivity index (χ4v) is 7.02. The predicted octanol–water partition coefficient (Wildman–Crippen LogP) is 14.9. The van der Waals surface area contributed by atoms with Crippen molar-refractivity contribution in [3.8, 4) is 0 Å². The second kappa shape index (κ2) is 47.8. The van der Waals surface area contributed by atoms with E-state index in [2.05, 4.69) is 68.6 Å². The number of ether oxygens (including phenoxy) is 1. The summed E-state index contributed by atoms with van der Waals surface area (Å²) in [4.78, 5) is 26.1. The molecule has 0 saturated heterocycles. The van der Waals surface area contributed by atoms with Crippen LogP contribution in [-0.2, 0) is 14.3 Å². The Morgan fingerprint density at radius 3 is 1.51 bits per heavy atom. The number of esters is 1. The first-order chi connectivity index (χ1) is 30.0. The number of nitrogens with one attached hydrogen (secondary N) is 1. The molecular weight excluding hydrogens is 755 g/mol. The minimum absolute atomic E-state index is 0.0442. The van der Waals surface area contributed by atoms with E-state index in [1.807, 2.05) is 54.7 Å². The second-order valence-corrected chi connectivity index (χ2v) is 16.6. The number of carbonyl (C=O) groups is 2. The maximum Gasteiger partial charge on any atom is 0.306 e. The molecule has 3 N–H and O–H groups in total. The van der Waals surface area contributed by atoms with Crippen LogP contribution in [0.4, 0.5) is 0 Å². The fraction of sp³-hybridized carbons (Fsp3) is 0.673. The molecule has 0 aromatic heterocycles. The molecule has 0 fully saturated rings. The average Bonchev–Trinajstić information content (AvgIpc) is 3.25. The molecule has 0 aromatic carbocycles. The van der Waals surface area contributed by atoms with Crippen LogP contribution in [0, 0.1) is 0 Å². The Hall–Kier alpha value is -3.22. The summed E-state index contributed by atoms with van der Waals surface area (Å²) in [6, 6.07) is -0.720. The molecule has 1 amide bonds. The summed E-state index contributed by atoms with van der Waals surface area (Å²) in [6.07, 6.45) is 63.1. The van der Waals surface area contributed by atoms with Gasteiger partial charge >= 0.3 is 5.97 Å². The summed E-state index contributed by atoms with van der Waals surface area (Å²) in [5.74, 6) is -0.547. The zero-order valence-electron chi connectivity index (χ0n) is 39.5. The number of allylic oxidation sites excluding steroid dienone is 16. The van der Waals surface area contributed by atoms with Gasteiger partial charge in [-0.15, -0.1) is 0 Å². The first kappa shape index (κ1) is 57.8. The standard InChI is InChI=1S/C55H93NO5/c1-4-7-10-13-16-19-22-24-26-27-29-31-33-36-39-42-45-48-55(60)61-51(46-43-40-37-34-32-30-28-25-23-20-17-14-11-8-5-2)49-54(59)56-52(50-57)53(58)47-44-41-38-35-21-18-15-12-9-6-3/h7,10,13,16-17,19-20,22,24-29,31,33,51-53,57-58H,4-6,8-9,11-12,14-15,18,21,23,30,32,34-50H2,1-3H3,(H,56,59)/b10-7-,16-13+,20-17-,22-19+,26-24-,28-25-,29-27+,33-31+. The highest BCUT2D eigenvalue weighted by Gasteiger charge is 2.24. The van der Waals surface area contributed by atoms with Crippen LogP contribution in [-0.4, -0.2) is 46.9 Å². The Balaban J connectivity index is 4.74. The summed E-state index contributed by atoms with van der Waals surface area (Å²) < 4.78 is 5.90. The number of rotatable bonds is 43. The number of hydrogen-bond donors (Lipinski definition) is 3. The molecule has 61 heavy (non-hydrogen) atoms. The molecule has 3 atom stereocenters. The lowest BCUT2D eigenvalue weighted by molar-refractivity contribution is -0.151. The van der Waals surface area contributed by atoms with Gasteiger partial charge in [0.05, 0.1) is 25.2 Å². The van der Waals surface area contributed by atoms with Crippen molar-refractivity contribution in [2.45, 2.75) is 232 Å². The molecule has 348 valence electrons. The molecule has 0 saturated carbocycles. The van der Waals surface area contributed by atoms with E-state index in [4.69, 9.17) is 4.74 Å². The van der Waals surface area contributed by atoms with Gasteiger partial charge in [0.25, 0.3) is 0 Å². The van der Waals surface area contributed by atoms with Crippen molar-refractivity contribution in [1.29, 1.82) is 0 Å². The largest absolute Gasteiger partial charge is 0.462 e. The van der Waals surface area contributed by atoms with E-state index in [-0.39, 0.29) is 24.9 Å².